The second kappa shape index (κ2) is 6.72. The van der Waals surface area contributed by atoms with Gasteiger partial charge in [-0.05, 0) is 31.4 Å². The molecule has 0 amide bonds. The van der Waals surface area contributed by atoms with Gasteiger partial charge >= 0.3 is 0 Å². The normalized spacial score (nSPS) is 11.9. The first-order chi connectivity index (χ1) is 10.8. The van der Waals surface area contributed by atoms with Crippen LogP contribution in [0.3, 0.4) is 0 Å². The van der Waals surface area contributed by atoms with Crippen molar-refractivity contribution >= 4 is 10.0 Å². The second-order valence-corrected chi connectivity index (χ2v) is 7.41. The van der Waals surface area contributed by atoms with Crippen molar-refractivity contribution in [3.8, 4) is 5.75 Å². The molecule has 1 aromatic heterocycles. The Morgan fingerprint density at radius 3 is 2.52 bits per heavy atom. The van der Waals surface area contributed by atoms with Crippen LogP contribution in [-0.4, -0.2) is 20.7 Å². The molecule has 0 bridgehead atoms. The molecule has 0 aliphatic rings. The van der Waals surface area contributed by atoms with Crippen molar-refractivity contribution in [3.05, 3.63) is 40.8 Å². The van der Waals surface area contributed by atoms with Crippen LogP contribution < -0.4 is 9.46 Å². The number of methoxy groups -OCH3 is 1. The molecule has 1 aromatic carbocycles. The Balaban J connectivity index is 2.24. The van der Waals surface area contributed by atoms with Crippen molar-refractivity contribution in [2.45, 2.75) is 45.1 Å². The van der Waals surface area contributed by atoms with Gasteiger partial charge in [0.15, 0.2) is 5.76 Å². The fourth-order valence-electron chi connectivity index (χ4n) is 2.37. The van der Waals surface area contributed by atoms with Crippen LogP contribution in [0.5, 0.6) is 5.75 Å². The number of aryl methyl sites for hydroxylation is 2. The maximum Gasteiger partial charge on any atom is 0.246 e. The summed E-state index contributed by atoms with van der Waals surface area (Å²) < 4.78 is 37.7. The molecular formula is C16H22N2O4S. The summed E-state index contributed by atoms with van der Waals surface area (Å²) in [5.74, 6) is 1.31. The van der Waals surface area contributed by atoms with Gasteiger partial charge in [0.1, 0.15) is 16.3 Å². The number of sulfonamides is 1. The third kappa shape index (κ3) is 3.73. The van der Waals surface area contributed by atoms with E-state index in [2.05, 4.69) is 23.7 Å². The number of aromatic nitrogens is 1. The smallest absolute Gasteiger partial charge is 0.246 e. The summed E-state index contributed by atoms with van der Waals surface area (Å²) in [6.45, 7) is 7.49. The van der Waals surface area contributed by atoms with Crippen LogP contribution in [0.2, 0.25) is 0 Å². The van der Waals surface area contributed by atoms with Crippen molar-refractivity contribution in [2.24, 2.45) is 0 Å². The second-order valence-electron chi connectivity index (χ2n) is 5.70. The molecule has 0 unspecified atom stereocenters. The van der Waals surface area contributed by atoms with E-state index >= 15 is 0 Å². The Kier molecular flexibility index (Phi) is 5.11. The molecule has 126 valence electrons. The van der Waals surface area contributed by atoms with E-state index < -0.39 is 10.0 Å². The molecule has 2 rings (SSSR count). The predicted octanol–water partition coefficient (Wildman–Crippen LogP) is 2.90. The molecule has 23 heavy (non-hydrogen) atoms. The number of nitrogens with one attached hydrogen (secondary N) is 1. The number of benzene rings is 1. The summed E-state index contributed by atoms with van der Waals surface area (Å²) in [5, 5.41) is 3.68. The third-order valence-corrected chi connectivity index (χ3v) is 5.31. The summed E-state index contributed by atoms with van der Waals surface area (Å²) in [6.07, 6.45) is 0. The van der Waals surface area contributed by atoms with Gasteiger partial charge in [0.2, 0.25) is 10.0 Å². The summed E-state index contributed by atoms with van der Waals surface area (Å²) in [5.41, 5.74) is 2.25. The highest BCUT2D eigenvalue weighted by Gasteiger charge is 2.24. The van der Waals surface area contributed by atoms with E-state index in [0.717, 1.165) is 11.1 Å². The van der Waals surface area contributed by atoms with E-state index in [4.69, 9.17) is 9.26 Å². The van der Waals surface area contributed by atoms with Crippen LogP contribution in [0, 0.1) is 13.8 Å². The minimum atomic E-state index is -3.69. The summed E-state index contributed by atoms with van der Waals surface area (Å²) in [6, 6.07) is 5.79. The van der Waals surface area contributed by atoms with Crippen LogP contribution >= 0.6 is 0 Å². The SMILES string of the molecule is COc1cc(C(C)C)ccc1CNS(=O)(=O)c1c(C)noc1C. The Labute approximate surface area is 136 Å². The van der Waals surface area contributed by atoms with Crippen molar-refractivity contribution in [1.29, 1.82) is 0 Å². The fourth-order valence-corrected chi connectivity index (χ4v) is 3.70. The van der Waals surface area contributed by atoms with Gasteiger partial charge in [0.05, 0.1) is 7.11 Å². The summed E-state index contributed by atoms with van der Waals surface area (Å²) >= 11 is 0. The molecule has 0 aliphatic heterocycles. The molecule has 2 aromatic rings. The lowest BCUT2D eigenvalue weighted by Gasteiger charge is -2.13. The Morgan fingerprint density at radius 1 is 1.30 bits per heavy atom. The third-order valence-electron chi connectivity index (χ3n) is 3.67. The van der Waals surface area contributed by atoms with E-state index in [0.29, 0.717) is 17.4 Å². The monoisotopic (exact) mass is 338 g/mol. The van der Waals surface area contributed by atoms with E-state index in [1.165, 1.54) is 0 Å². The molecule has 0 fully saturated rings. The Hall–Kier alpha value is -1.86. The van der Waals surface area contributed by atoms with Crippen LogP contribution in [0.25, 0.3) is 0 Å². The summed E-state index contributed by atoms with van der Waals surface area (Å²) in [7, 11) is -2.11. The number of ether oxygens (including phenoxy) is 1. The highest BCUT2D eigenvalue weighted by Crippen LogP contribution is 2.25. The highest BCUT2D eigenvalue weighted by molar-refractivity contribution is 7.89. The highest BCUT2D eigenvalue weighted by atomic mass is 32.2. The molecule has 1 heterocycles. The average Bonchev–Trinajstić information content (AvgIpc) is 2.84. The van der Waals surface area contributed by atoms with Crippen molar-refractivity contribution < 1.29 is 17.7 Å². The van der Waals surface area contributed by atoms with Gasteiger partial charge in [-0.25, -0.2) is 13.1 Å². The van der Waals surface area contributed by atoms with E-state index in [1.54, 1.807) is 21.0 Å². The maximum absolute atomic E-state index is 12.4. The number of hydrogen-bond donors (Lipinski definition) is 1. The van der Waals surface area contributed by atoms with Crippen LogP contribution in [-0.2, 0) is 16.6 Å². The van der Waals surface area contributed by atoms with Gasteiger partial charge in [-0.15, -0.1) is 0 Å². The lowest BCUT2D eigenvalue weighted by molar-refractivity contribution is 0.390. The van der Waals surface area contributed by atoms with Crippen molar-refractivity contribution in [3.63, 3.8) is 0 Å². The fraction of sp³-hybridized carbons (Fsp3) is 0.438. The first-order valence-electron chi connectivity index (χ1n) is 7.35. The van der Waals surface area contributed by atoms with Gasteiger partial charge in [-0.2, -0.15) is 0 Å². The Morgan fingerprint density at radius 2 is 2.00 bits per heavy atom. The first-order valence-corrected chi connectivity index (χ1v) is 8.84. The van der Waals surface area contributed by atoms with Gasteiger partial charge in [-0.1, -0.05) is 31.1 Å². The zero-order valence-corrected chi connectivity index (χ0v) is 14.8. The molecule has 0 atom stereocenters. The molecular weight excluding hydrogens is 316 g/mol. The standard InChI is InChI=1S/C16H22N2O4S/c1-10(2)13-6-7-14(15(8-13)21-5)9-17-23(19,20)16-11(3)18-22-12(16)4/h6-8,10,17H,9H2,1-5H3. The maximum atomic E-state index is 12.4. The van der Waals surface area contributed by atoms with Crippen molar-refractivity contribution in [2.75, 3.05) is 7.11 Å². The van der Waals surface area contributed by atoms with Crippen LogP contribution in [0.4, 0.5) is 0 Å². The number of rotatable bonds is 6. The molecule has 0 saturated heterocycles. The van der Waals surface area contributed by atoms with Crippen LogP contribution in [0.15, 0.2) is 27.6 Å². The number of nitrogens with zero attached hydrogens (tertiary/aromatic N) is 1. The minimum absolute atomic E-state index is 0.0928. The molecule has 0 aliphatic carbocycles. The molecule has 1 N–H and O–H groups in total. The van der Waals surface area contributed by atoms with Crippen molar-refractivity contribution in [1.82, 2.24) is 9.88 Å². The molecule has 0 radical (unpaired) electrons. The quantitative estimate of drug-likeness (QED) is 0.876. The minimum Gasteiger partial charge on any atom is -0.496 e. The zero-order valence-electron chi connectivity index (χ0n) is 14.0. The topological polar surface area (TPSA) is 81.4 Å². The number of hydrogen-bond acceptors (Lipinski definition) is 5. The first kappa shape index (κ1) is 17.5. The van der Waals surface area contributed by atoms with Crippen LogP contribution in [0.1, 0.15) is 42.3 Å². The van der Waals surface area contributed by atoms with Gasteiger partial charge < -0.3 is 9.26 Å². The van der Waals surface area contributed by atoms with E-state index in [-0.39, 0.29) is 17.2 Å². The average molecular weight is 338 g/mol. The van der Waals surface area contributed by atoms with Gasteiger partial charge in [0.25, 0.3) is 0 Å². The molecule has 0 saturated carbocycles. The predicted molar refractivity (Wildman–Crippen MR) is 87.1 cm³/mol. The Bertz CT molecular complexity index is 775. The summed E-state index contributed by atoms with van der Waals surface area (Å²) in [4.78, 5) is 0.0928. The molecule has 6 nitrogen and oxygen atoms in total. The molecule has 7 heteroatoms. The lowest BCUT2D eigenvalue weighted by Crippen LogP contribution is -2.24. The van der Waals surface area contributed by atoms with E-state index in [1.807, 2.05) is 18.2 Å². The largest absolute Gasteiger partial charge is 0.496 e. The lowest BCUT2D eigenvalue weighted by atomic mass is 10.0. The van der Waals surface area contributed by atoms with Gasteiger partial charge in [0, 0.05) is 12.1 Å². The molecule has 0 spiro atoms. The zero-order chi connectivity index (χ0) is 17.2. The van der Waals surface area contributed by atoms with Gasteiger partial charge in [-0.3, -0.25) is 0 Å². The van der Waals surface area contributed by atoms with E-state index in [9.17, 15) is 8.42 Å².